The lowest BCUT2D eigenvalue weighted by Crippen LogP contribution is -2.40. The van der Waals surface area contributed by atoms with Crippen LogP contribution in [0, 0.1) is 46.8 Å². The molecule has 4 rings (SSSR count). The smallest absolute Gasteiger partial charge is 0.401 e. The Labute approximate surface area is 152 Å². The number of aliphatic carboxylic acids is 1. The Bertz CT molecular complexity index is 587. The molecule has 0 amide bonds. The molecule has 8 unspecified atom stereocenters. The van der Waals surface area contributed by atoms with Crippen LogP contribution in [0.1, 0.15) is 59.3 Å². The molecule has 4 bridgehead atoms. The first-order valence-corrected chi connectivity index (χ1v) is 9.81. The largest absolute Gasteiger partial charge is 0.481 e. The SMILES string of the molecule is CCC(C)(C(C)=O)C(F)(F)F.O=C(O)C1CC2CC1C1C3CCC(C3)C21. The molecule has 6 heteroatoms. The molecule has 0 heterocycles. The van der Waals surface area contributed by atoms with Gasteiger partial charge in [0.15, 0.2) is 0 Å². The van der Waals surface area contributed by atoms with E-state index in [-0.39, 0.29) is 12.3 Å². The normalized spacial score (nSPS) is 42.0. The van der Waals surface area contributed by atoms with Gasteiger partial charge in [0.25, 0.3) is 0 Å². The summed E-state index contributed by atoms with van der Waals surface area (Å²) in [6, 6.07) is 0. The van der Waals surface area contributed by atoms with Crippen LogP contribution >= 0.6 is 0 Å². The third kappa shape index (κ3) is 2.88. The third-order valence-electron chi connectivity index (χ3n) is 8.16. The van der Waals surface area contributed by atoms with Crippen LogP contribution in [0.5, 0.6) is 0 Å². The van der Waals surface area contributed by atoms with Crippen LogP contribution in [0.25, 0.3) is 0 Å². The number of fused-ring (bicyclic) bond motifs is 9. The zero-order valence-electron chi connectivity index (χ0n) is 15.7. The molecule has 3 nitrogen and oxygen atoms in total. The zero-order chi connectivity index (χ0) is 19.4. The van der Waals surface area contributed by atoms with E-state index < -0.39 is 23.3 Å². The molecule has 148 valence electrons. The summed E-state index contributed by atoms with van der Waals surface area (Å²) in [6.45, 7) is 3.25. The van der Waals surface area contributed by atoms with E-state index in [1.54, 1.807) is 0 Å². The van der Waals surface area contributed by atoms with E-state index in [0.717, 1.165) is 49.9 Å². The molecule has 26 heavy (non-hydrogen) atoms. The quantitative estimate of drug-likeness (QED) is 0.712. The van der Waals surface area contributed by atoms with Gasteiger partial charge in [0.1, 0.15) is 11.2 Å². The van der Waals surface area contributed by atoms with E-state index in [0.29, 0.717) is 5.92 Å². The predicted molar refractivity (Wildman–Crippen MR) is 90.3 cm³/mol. The number of carboxylic acid groups (broad SMARTS) is 1. The molecule has 0 spiro atoms. The Kier molecular flexibility index (Phi) is 4.94. The number of hydrogen-bond donors (Lipinski definition) is 1. The van der Waals surface area contributed by atoms with Crippen molar-refractivity contribution < 1.29 is 27.9 Å². The van der Waals surface area contributed by atoms with Crippen molar-refractivity contribution in [1.29, 1.82) is 0 Å². The summed E-state index contributed by atoms with van der Waals surface area (Å²) in [5, 5.41) is 9.23. The Morgan fingerprint density at radius 1 is 1.00 bits per heavy atom. The average Bonchev–Trinajstić information content (AvgIpc) is 3.30. The number of carbonyl (C=O) groups excluding carboxylic acids is 1. The standard InChI is InChI=1S/C13H18O2.C7H11F3O/c14-13(15)10-5-8-4-9(10)12-7-2-1-6(3-7)11(8)12;1-4-6(3,5(2)11)7(8,9)10/h6-12H,1-5H2,(H,14,15);4H2,1-3H3. The topological polar surface area (TPSA) is 54.4 Å². The second kappa shape index (κ2) is 6.52. The minimum Gasteiger partial charge on any atom is -0.481 e. The summed E-state index contributed by atoms with van der Waals surface area (Å²) in [6.07, 6.45) is 1.92. The maximum Gasteiger partial charge on any atom is 0.401 e. The number of rotatable bonds is 3. The molecule has 0 aromatic carbocycles. The number of hydrogen-bond acceptors (Lipinski definition) is 2. The monoisotopic (exact) mass is 374 g/mol. The lowest BCUT2D eigenvalue weighted by atomic mass is 9.67. The summed E-state index contributed by atoms with van der Waals surface area (Å²) < 4.78 is 36.4. The van der Waals surface area contributed by atoms with Gasteiger partial charge in [0, 0.05) is 0 Å². The second-order valence-corrected chi connectivity index (χ2v) is 9.07. The van der Waals surface area contributed by atoms with E-state index in [1.807, 2.05) is 0 Å². The van der Waals surface area contributed by atoms with Crippen molar-refractivity contribution in [2.75, 3.05) is 0 Å². The lowest BCUT2D eigenvalue weighted by Gasteiger charge is -2.37. The molecule has 4 saturated carbocycles. The molecule has 0 aliphatic heterocycles. The summed E-state index contributed by atoms with van der Waals surface area (Å²) >= 11 is 0. The summed E-state index contributed by atoms with van der Waals surface area (Å²) in [7, 11) is 0. The van der Waals surface area contributed by atoms with Crippen molar-refractivity contribution in [2.24, 2.45) is 46.8 Å². The summed E-state index contributed by atoms with van der Waals surface area (Å²) in [5.41, 5.74) is -2.16. The molecule has 1 N–H and O–H groups in total. The van der Waals surface area contributed by atoms with Gasteiger partial charge in [0.05, 0.1) is 5.92 Å². The van der Waals surface area contributed by atoms with Gasteiger partial charge in [0.2, 0.25) is 0 Å². The molecule has 4 fully saturated rings. The predicted octanol–water partition coefficient (Wildman–Crippen LogP) is 4.94. The Hall–Kier alpha value is -1.07. The molecular weight excluding hydrogens is 345 g/mol. The number of halogens is 3. The minimum atomic E-state index is -4.42. The molecule has 0 saturated heterocycles. The van der Waals surface area contributed by atoms with Gasteiger partial charge in [-0.05, 0) is 87.9 Å². The van der Waals surface area contributed by atoms with E-state index >= 15 is 0 Å². The van der Waals surface area contributed by atoms with Crippen LogP contribution in [-0.2, 0) is 9.59 Å². The molecule has 4 aliphatic rings. The van der Waals surface area contributed by atoms with Crippen LogP contribution in [0.2, 0.25) is 0 Å². The summed E-state index contributed by atoms with van der Waals surface area (Å²) in [5.74, 6) is 3.71. The molecule has 0 aromatic rings. The molecule has 0 aromatic heterocycles. The first kappa shape index (κ1) is 19.7. The van der Waals surface area contributed by atoms with E-state index in [2.05, 4.69) is 0 Å². The van der Waals surface area contributed by atoms with Gasteiger partial charge in [-0.3, -0.25) is 9.59 Å². The second-order valence-electron chi connectivity index (χ2n) is 9.07. The van der Waals surface area contributed by atoms with Crippen LogP contribution in [0.4, 0.5) is 13.2 Å². The van der Waals surface area contributed by atoms with Crippen LogP contribution in [0.3, 0.4) is 0 Å². The molecule has 0 radical (unpaired) electrons. The third-order valence-corrected chi connectivity index (χ3v) is 8.16. The van der Waals surface area contributed by atoms with Gasteiger partial charge in [-0.2, -0.15) is 13.2 Å². The highest BCUT2D eigenvalue weighted by molar-refractivity contribution is 5.82. The lowest BCUT2D eigenvalue weighted by molar-refractivity contribution is -0.215. The van der Waals surface area contributed by atoms with Crippen molar-refractivity contribution in [3.63, 3.8) is 0 Å². The van der Waals surface area contributed by atoms with E-state index in [9.17, 15) is 27.9 Å². The van der Waals surface area contributed by atoms with Crippen LogP contribution in [-0.4, -0.2) is 23.0 Å². The van der Waals surface area contributed by atoms with Crippen molar-refractivity contribution in [2.45, 2.75) is 65.5 Å². The minimum absolute atomic E-state index is 0.0237. The number of carboxylic acids is 1. The maximum absolute atomic E-state index is 12.1. The number of carbonyl (C=O) groups is 2. The van der Waals surface area contributed by atoms with E-state index in [4.69, 9.17) is 0 Å². The highest BCUT2D eigenvalue weighted by Crippen LogP contribution is 2.68. The number of ketones is 1. The molecule has 4 aliphatic carbocycles. The Morgan fingerprint density at radius 2 is 1.58 bits per heavy atom. The van der Waals surface area contributed by atoms with Crippen molar-refractivity contribution >= 4 is 11.8 Å². The Morgan fingerprint density at radius 3 is 2.00 bits per heavy atom. The fourth-order valence-corrected chi connectivity index (χ4v) is 6.50. The molecular formula is C20H29F3O3. The van der Waals surface area contributed by atoms with Gasteiger partial charge in [-0.25, -0.2) is 0 Å². The van der Waals surface area contributed by atoms with Gasteiger partial charge < -0.3 is 5.11 Å². The van der Waals surface area contributed by atoms with Gasteiger partial charge >= 0.3 is 12.1 Å². The van der Waals surface area contributed by atoms with Gasteiger partial charge in [-0.1, -0.05) is 6.92 Å². The van der Waals surface area contributed by atoms with Crippen molar-refractivity contribution in [3.05, 3.63) is 0 Å². The summed E-state index contributed by atoms with van der Waals surface area (Å²) in [4.78, 5) is 21.8. The average molecular weight is 374 g/mol. The van der Waals surface area contributed by atoms with Gasteiger partial charge in [-0.15, -0.1) is 0 Å². The highest BCUT2D eigenvalue weighted by Gasteiger charge is 2.63. The highest BCUT2D eigenvalue weighted by atomic mass is 19.4. The number of alkyl halides is 3. The fraction of sp³-hybridized carbons (Fsp3) is 0.900. The van der Waals surface area contributed by atoms with E-state index in [1.165, 1.54) is 32.6 Å². The molecule has 8 atom stereocenters. The van der Waals surface area contributed by atoms with Crippen LogP contribution < -0.4 is 0 Å². The zero-order valence-corrected chi connectivity index (χ0v) is 15.7. The van der Waals surface area contributed by atoms with Crippen LogP contribution in [0.15, 0.2) is 0 Å². The Balaban J connectivity index is 0.000000161. The first-order chi connectivity index (χ1) is 12.0. The maximum atomic E-state index is 12.1. The first-order valence-electron chi connectivity index (χ1n) is 9.81. The fourth-order valence-electron chi connectivity index (χ4n) is 6.50. The van der Waals surface area contributed by atoms with Crippen molar-refractivity contribution in [3.8, 4) is 0 Å². The van der Waals surface area contributed by atoms with Crippen molar-refractivity contribution in [1.82, 2.24) is 0 Å². The number of Topliss-reactive ketones (excluding diaryl/α,β-unsaturated/α-hetero) is 1.